The van der Waals surface area contributed by atoms with E-state index in [1.807, 2.05) is 0 Å². The van der Waals surface area contributed by atoms with Crippen LogP contribution in [0.2, 0.25) is 0 Å². The first-order valence-corrected chi connectivity index (χ1v) is 5.05. The summed E-state index contributed by atoms with van der Waals surface area (Å²) in [7, 11) is 0. The second kappa shape index (κ2) is 3.93. The van der Waals surface area contributed by atoms with Crippen molar-refractivity contribution >= 4 is 0 Å². The van der Waals surface area contributed by atoms with Crippen molar-refractivity contribution in [3.8, 4) is 0 Å². The Balaban J connectivity index is 2.53. The van der Waals surface area contributed by atoms with Crippen molar-refractivity contribution in [3.63, 3.8) is 0 Å². The Labute approximate surface area is 76.4 Å². The van der Waals surface area contributed by atoms with Gasteiger partial charge in [0, 0.05) is 0 Å². The van der Waals surface area contributed by atoms with E-state index >= 15 is 0 Å². The number of allylic oxidation sites excluding steroid dienone is 4. The summed E-state index contributed by atoms with van der Waals surface area (Å²) in [5, 5.41) is 0. The molecule has 0 saturated heterocycles. The Bertz CT molecular complexity index is 186. The van der Waals surface area contributed by atoms with Crippen LogP contribution in [0.15, 0.2) is 23.8 Å². The van der Waals surface area contributed by atoms with Gasteiger partial charge in [-0.25, -0.2) is 0 Å². The summed E-state index contributed by atoms with van der Waals surface area (Å²) >= 11 is 0. The Hall–Kier alpha value is -0.520. The molecule has 0 N–H and O–H groups in total. The summed E-state index contributed by atoms with van der Waals surface area (Å²) in [4.78, 5) is 0. The summed E-state index contributed by atoms with van der Waals surface area (Å²) in [6, 6.07) is 0. The Morgan fingerprint density at radius 3 is 2.25 bits per heavy atom. The normalized spacial score (nSPS) is 35.3. The van der Waals surface area contributed by atoms with Crippen LogP contribution in [0.5, 0.6) is 0 Å². The van der Waals surface area contributed by atoms with E-state index in [0.29, 0.717) is 0 Å². The molecule has 0 radical (unpaired) electrons. The van der Waals surface area contributed by atoms with Gasteiger partial charge in [-0.1, -0.05) is 51.5 Å². The highest BCUT2D eigenvalue weighted by Gasteiger charge is 2.35. The summed E-state index contributed by atoms with van der Waals surface area (Å²) < 4.78 is 0. The van der Waals surface area contributed by atoms with Crippen LogP contribution < -0.4 is 0 Å². The van der Waals surface area contributed by atoms with Crippen LogP contribution in [0.3, 0.4) is 0 Å². The smallest absolute Gasteiger partial charge is 0.0194 e. The van der Waals surface area contributed by atoms with Crippen molar-refractivity contribution in [1.82, 2.24) is 0 Å². The second-order valence-electron chi connectivity index (χ2n) is 3.94. The van der Waals surface area contributed by atoms with Gasteiger partial charge in [-0.3, -0.25) is 0 Å². The minimum absolute atomic E-state index is 0.807. The average molecular weight is 164 g/mol. The lowest BCUT2D eigenvalue weighted by molar-refractivity contribution is 0.225. The lowest BCUT2D eigenvalue weighted by Crippen LogP contribution is -2.33. The van der Waals surface area contributed by atoms with Crippen molar-refractivity contribution in [2.24, 2.45) is 17.8 Å². The Kier molecular flexibility index (Phi) is 3.13. The molecular formula is C12H20. The topological polar surface area (TPSA) is 0 Å². The van der Waals surface area contributed by atoms with Crippen molar-refractivity contribution in [2.45, 2.75) is 34.1 Å². The second-order valence-corrected chi connectivity index (χ2v) is 3.94. The van der Waals surface area contributed by atoms with E-state index in [2.05, 4.69) is 45.9 Å². The van der Waals surface area contributed by atoms with E-state index in [4.69, 9.17) is 0 Å². The molecule has 0 aliphatic heterocycles. The van der Waals surface area contributed by atoms with Crippen LogP contribution in [0.4, 0.5) is 0 Å². The molecule has 0 nitrogen and oxygen atoms in total. The molecule has 0 bridgehead atoms. The Morgan fingerprint density at radius 2 is 1.75 bits per heavy atom. The molecular weight excluding hydrogens is 144 g/mol. The zero-order chi connectivity index (χ0) is 9.14. The third-order valence-corrected chi connectivity index (χ3v) is 3.29. The van der Waals surface area contributed by atoms with E-state index in [0.717, 1.165) is 24.2 Å². The van der Waals surface area contributed by atoms with Gasteiger partial charge in [-0.2, -0.15) is 0 Å². The third-order valence-electron chi connectivity index (χ3n) is 3.29. The number of hydrogen-bond acceptors (Lipinski definition) is 0. The van der Waals surface area contributed by atoms with Gasteiger partial charge in [0.05, 0.1) is 0 Å². The quantitative estimate of drug-likeness (QED) is 0.582. The molecule has 2 unspecified atom stereocenters. The maximum Gasteiger partial charge on any atom is -0.0194 e. The third kappa shape index (κ3) is 1.63. The standard InChI is InChI=1S/C12H20/c1-5-6-7-8-12-10(3)9(2)11(12)4/h6-11H,5H2,1-4H3. The van der Waals surface area contributed by atoms with Crippen molar-refractivity contribution in [2.75, 3.05) is 0 Å². The summed E-state index contributed by atoms with van der Waals surface area (Å²) in [5.74, 6) is 2.49. The molecule has 1 aliphatic carbocycles. The molecule has 1 rings (SSSR count). The molecule has 1 fully saturated rings. The molecule has 0 aromatic heterocycles. The van der Waals surface area contributed by atoms with Crippen LogP contribution in [0.25, 0.3) is 0 Å². The van der Waals surface area contributed by atoms with Gasteiger partial charge in [0.2, 0.25) is 0 Å². The zero-order valence-electron chi connectivity index (χ0n) is 8.67. The molecule has 2 atom stereocenters. The minimum Gasteiger partial charge on any atom is -0.0848 e. The summed E-state index contributed by atoms with van der Waals surface area (Å²) in [5.41, 5.74) is 1.63. The number of rotatable bonds is 2. The van der Waals surface area contributed by atoms with Gasteiger partial charge in [0.15, 0.2) is 0 Å². The molecule has 68 valence electrons. The monoisotopic (exact) mass is 164 g/mol. The molecule has 0 spiro atoms. The fourth-order valence-electron chi connectivity index (χ4n) is 1.96. The average Bonchev–Trinajstić information content (AvgIpc) is 2.11. The lowest BCUT2D eigenvalue weighted by Gasteiger charge is -2.42. The molecule has 0 aromatic carbocycles. The van der Waals surface area contributed by atoms with E-state index in [-0.39, 0.29) is 0 Å². The fourth-order valence-corrected chi connectivity index (χ4v) is 1.96. The fraction of sp³-hybridized carbons (Fsp3) is 0.667. The van der Waals surface area contributed by atoms with Gasteiger partial charge < -0.3 is 0 Å². The molecule has 0 heterocycles. The largest absolute Gasteiger partial charge is 0.0848 e. The van der Waals surface area contributed by atoms with Crippen LogP contribution >= 0.6 is 0 Å². The maximum absolute atomic E-state index is 2.34. The van der Waals surface area contributed by atoms with Gasteiger partial charge in [-0.15, -0.1) is 0 Å². The SMILES string of the molecule is CCC=CC=C1C(C)C(C)C1C. The first kappa shape index (κ1) is 9.57. The Morgan fingerprint density at radius 1 is 1.17 bits per heavy atom. The predicted molar refractivity (Wildman–Crippen MR) is 55.0 cm³/mol. The van der Waals surface area contributed by atoms with Crippen LogP contribution in [-0.4, -0.2) is 0 Å². The minimum atomic E-state index is 0.807. The van der Waals surface area contributed by atoms with Gasteiger partial charge >= 0.3 is 0 Å². The molecule has 0 heteroatoms. The van der Waals surface area contributed by atoms with Gasteiger partial charge in [0.1, 0.15) is 0 Å². The van der Waals surface area contributed by atoms with Crippen molar-refractivity contribution in [1.29, 1.82) is 0 Å². The van der Waals surface area contributed by atoms with E-state index in [1.165, 1.54) is 0 Å². The summed E-state index contributed by atoms with van der Waals surface area (Å²) in [6.45, 7) is 9.17. The molecule has 0 amide bonds. The van der Waals surface area contributed by atoms with Crippen LogP contribution in [0, 0.1) is 17.8 Å². The van der Waals surface area contributed by atoms with Crippen molar-refractivity contribution < 1.29 is 0 Å². The van der Waals surface area contributed by atoms with Gasteiger partial charge in [0.25, 0.3) is 0 Å². The molecule has 1 aliphatic rings. The maximum atomic E-state index is 2.34. The number of hydrogen-bond donors (Lipinski definition) is 0. The highest BCUT2D eigenvalue weighted by atomic mass is 14.4. The van der Waals surface area contributed by atoms with E-state index in [9.17, 15) is 0 Å². The van der Waals surface area contributed by atoms with Gasteiger partial charge in [-0.05, 0) is 24.2 Å². The molecule has 1 saturated carbocycles. The van der Waals surface area contributed by atoms with E-state index in [1.54, 1.807) is 5.57 Å². The predicted octanol–water partition coefficient (Wildman–Crippen LogP) is 3.80. The first-order valence-electron chi connectivity index (χ1n) is 5.05. The first-order chi connectivity index (χ1) is 5.68. The zero-order valence-corrected chi connectivity index (χ0v) is 8.67. The summed E-state index contributed by atoms with van der Waals surface area (Å²) in [6.07, 6.45) is 7.87. The molecule has 0 aromatic rings. The molecule has 12 heavy (non-hydrogen) atoms. The van der Waals surface area contributed by atoms with Crippen LogP contribution in [0.1, 0.15) is 34.1 Å². The lowest BCUT2D eigenvalue weighted by atomic mass is 9.63. The van der Waals surface area contributed by atoms with E-state index < -0.39 is 0 Å². The highest BCUT2D eigenvalue weighted by Crippen LogP contribution is 2.44. The highest BCUT2D eigenvalue weighted by molar-refractivity contribution is 5.25. The van der Waals surface area contributed by atoms with Crippen molar-refractivity contribution in [3.05, 3.63) is 23.8 Å². The van der Waals surface area contributed by atoms with Crippen LogP contribution in [-0.2, 0) is 0 Å².